The van der Waals surface area contributed by atoms with Gasteiger partial charge >= 0.3 is 12.1 Å². The summed E-state index contributed by atoms with van der Waals surface area (Å²) in [5.74, 6) is -0.868. The van der Waals surface area contributed by atoms with Crippen LogP contribution in [0.5, 0.6) is 0 Å². The normalized spacial score (nSPS) is 11.4. The van der Waals surface area contributed by atoms with Crippen LogP contribution in [0.25, 0.3) is 0 Å². The zero-order valence-corrected chi connectivity index (χ0v) is 11.1. The highest BCUT2D eigenvalue weighted by Gasteiger charge is 2.31. The summed E-state index contributed by atoms with van der Waals surface area (Å²) in [6.45, 7) is 0.0327. The van der Waals surface area contributed by atoms with Gasteiger partial charge < -0.3 is 14.8 Å². The summed E-state index contributed by atoms with van der Waals surface area (Å²) in [5, 5.41) is 11.4. The first-order valence-electron chi connectivity index (χ1n) is 5.68. The van der Waals surface area contributed by atoms with Gasteiger partial charge in [0.25, 0.3) is 0 Å². The van der Waals surface area contributed by atoms with Crippen molar-refractivity contribution in [2.24, 2.45) is 0 Å². The van der Waals surface area contributed by atoms with Crippen molar-refractivity contribution in [1.82, 2.24) is 0 Å². The van der Waals surface area contributed by atoms with Gasteiger partial charge in [-0.05, 0) is 24.3 Å². The van der Waals surface area contributed by atoms with Crippen LogP contribution in [0, 0.1) is 0 Å². The zero-order valence-electron chi connectivity index (χ0n) is 10.4. The summed E-state index contributed by atoms with van der Waals surface area (Å²) in [7, 11) is 0. The first kappa shape index (κ1) is 15.2. The van der Waals surface area contributed by atoms with Crippen LogP contribution in [-0.2, 0) is 12.7 Å². The van der Waals surface area contributed by atoms with Gasteiger partial charge in [-0.3, -0.25) is 0 Å². The Bertz CT molecular complexity index is 667. The third-order valence-electron chi connectivity index (χ3n) is 2.59. The van der Waals surface area contributed by atoms with E-state index in [1.807, 2.05) is 0 Å². The second kappa shape index (κ2) is 5.69. The molecule has 1 aromatic carbocycles. The maximum Gasteiger partial charge on any atom is 0.416 e. The third-order valence-corrected chi connectivity index (χ3v) is 2.81. The number of carbonyl (C=O) groups is 1. The molecule has 0 unspecified atom stereocenters. The molecular formula is C13H9ClF3NO3. The van der Waals surface area contributed by atoms with E-state index in [9.17, 15) is 18.0 Å². The lowest BCUT2D eigenvalue weighted by atomic mass is 10.2. The molecule has 0 atom stereocenters. The molecule has 0 saturated heterocycles. The van der Waals surface area contributed by atoms with E-state index < -0.39 is 17.7 Å². The van der Waals surface area contributed by atoms with Gasteiger partial charge in [0.2, 0.25) is 0 Å². The van der Waals surface area contributed by atoms with Crippen molar-refractivity contribution < 1.29 is 27.5 Å². The van der Waals surface area contributed by atoms with Gasteiger partial charge in [0.05, 0.1) is 17.7 Å². The van der Waals surface area contributed by atoms with E-state index in [1.54, 1.807) is 0 Å². The molecule has 0 aliphatic heterocycles. The number of carboxylic acid groups (broad SMARTS) is 1. The van der Waals surface area contributed by atoms with Crippen molar-refractivity contribution in [2.75, 3.05) is 5.32 Å². The lowest BCUT2D eigenvalue weighted by Gasteiger charge is -2.11. The minimum Gasteiger partial charge on any atom is -0.478 e. The quantitative estimate of drug-likeness (QED) is 0.883. The first-order valence-corrected chi connectivity index (χ1v) is 6.06. The van der Waals surface area contributed by atoms with Gasteiger partial charge in [0.15, 0.2) is 0 Å². The maximum atomic E-state index is 12.6. The van der Waals surface area contributed by atoms with Crippen LogP contribution in [0.4, 0.5) is 18.9 Å². The maximum absolute atomic E-state index is 12.6. The average Bonchev–Trinajstić information content (AvgIpc) is 2.83. The first-order chi connectivity index (χ1) is 9.75. The van der Waals surface area contributed by atoms with Crippen molar-refractivity contribution >= 4 is 23.3 Å². The Balaban J connectivity index is 2.12. The van der Waals surface area contributed by atoms with Crippen molar-refractivity contribution in [1.29, 1.82) is 0 Å². The number of hydrogen-bond donors (Lipinski definition) is 2. The van der Waals surface area contributed by atoms with E-state index in [2.05, 4.69) is 5.32 Å². The summed E-state index contributed by atoms with van der Waals surface area (Å²) in [5.41, 5.74) is -0.750. The molecule has 4 nitrogen and oxygen atoms in total. The number of anilines is 1. The van der Waals surface area contributed by atoms with Gasteiger partial charge in [-0.2, -0.15) is 13.2 Å². The molecule has 0 fully saturated rings. The van der Waals surface area contributed by atoms with Gasteiger partial charge in [0.1, 0.15) is 12.0 Å². The standard InChI is InChI=1S/C13H9ClF3NO3/c14-9-2-8(13(15,16)17)3-10(4-9)18-5-11-1-7(6-21-11)12(19)20/h1-4,6,18H,5H2,(H,19,20). The molecule has 112 valence electrons. The molecular weight excluding hydrogens is 311 g/mol. The largest absolute Gasteiger partial charge is 0.478 e. The lowest BCUT2D eigenvalue weighted by molar-refractivity contribution is -0.137. The summed E-state index contributed by atoms with van der Waals surface area (Å²) >= 11 is 5.64. The van der Waals surface area contributed by atoms with E-state index in [0.717, 1.165) is 18.4 Å². The Morgan fingerprint density at radius 2 is 2.00 bits per heavy atom. The molecule has 21 heavy (non-hydrogen) atoms. The van der Waals surface area contributed by atoms with Crippen LogP contribution < -0.4 is 5.32 Å². The van der Waals surface area contributed by atoms with Crippen LogP contribution >= 0.6 is 11.6 Å². The molecule has 2 aromatic rings. The zero-order chi connectivity index (χ0) is 15.6. The summed E-state index contributed by atoms with van der Waals surface area (Å²) in [6, 6.07) is 4.34. The molecule has 0 aliphatic carbocycles. The summed E-state index contributed by atoms with van der Waals surface area (Å²) < 4.78 is 42.9. The predicted octanol–water partition coefficient (Wildman–Crippen LogP) is 4.26. The Morgan fingerprint density at radius 3 is 2.57 bits per heavy atom. The highest BCUT2D eigenvalue weighted by Crippen LogP contribution is 2.33. The molecule has 0 aliphatic rings. The highest BCUT2D eigenvalue weighted by atomic mass is 35.5. The SMILES string of the molecule is O=C(O)c1coc(CNc2cc(Cl)cc(C(F)(F)F)c2)c1. The van der Waals surface area contributed by atoms with Gasteiger partial charge in [-0.15, -0.1) is 0 Å². The van der Waals surface area contributed by atoms with Crippen LogP contribution in [0.2, 0.25) is 5.02 Å². The van der Waals surface area contributed by atoms with Crippen LogP contribution in [0.3, 0.4) is 0 Å². The topological polar surface area (TPSA) is 62.5 Å². The number of carboxylic acids is 1. The molecule has 2 rings (SSSR count). The van der Waals surface area contributed by atoms with Crippen LogP contribution in [-0.4, -0.2) is 11.1 Å². The number of alkyl halides is 3. The van der Waals surface area contributed by atoms with Crippen LogP contribution in [0.1, 0.15) is 21.7 Å². The molecule has 0 amide bonds. The van der Waals surface area contributed by atoms with E-state index in [1.165, 1.54) is 12.1 Å². The average molecular weight is 320 g/mol. The Hall–Kier alpha value is -2.15. The second-order valence-corrected chi connectivity index (χ2v) is 4.62. The predicted molar refractivity (Wildman–Crippen MR) is 69.4 cm³/mol. The van der Waals surface area contributed by atoms with Crippen molar-refractivity contribution in [3.8, 4) is 0 Å². The molecule has 0 saturated carbocycles. The molecule has 2 N–H and O–H groups in total. The Morgan fingerprint density at radius 1 is 1.29 bits per heavy atom. The second-order valence-electron chi connectivity index (χ2n) is 4.19. The number of aromatic carboxylic acids is 1. The number of halogens is 4. The fourth-order valence-corrected chi connectivity index (χ4v) is 1.87. The Kier molecular flexibility index (Phi) is 4.13. The summed E-state index contributed by atoms with van der Waals surface area (Å²) in [4.78, 5) is 10.7. The van der Waals surface area contributed by atoms with Crippen LogP contribution in [0.15, 0.2) is 34.9 Å². The molecule has 0 spiro atoms. The highest BCUT2D eigenvalue weighted by molar-refractivity contribution is 6.30. The van der Waals surface area contributed by atoms with Gasteiger partial charge in [-0.1, -0.05) is 11.6 Å². The third kappa shape index (κ3) is 3.91. The molecule has 1 aromatic heterocycles. The van der Waals surface area contributed by atoms with E-state index in [4.69, 9.17) is 21.1 Å². The molecule has 8 heteroatoms. The van der Waals surface area contributed by atoms with E-state index in [0.29, 0.717) is 0 Å². The number of nitrogens with one attached hydrogen (secondary N) is 1. The number of hydrogen-bond acceptors (Lipinski definition) is 3. The number of furan rings is 1. The van der Waals surface area contributed by atoms with Crippen molar-refractivity contribution in [3.63, 3.8) is 0 Å². The fourth-order valence-electron chi connectivity index (χ4n) is 1.63. The van der Waals surface area contributed by atoms with Crippen molar-refractivity contribution in [2.45, 2.75) is 12.7 Å². The van der Waals surface area contributed by atoms with Crippen molar-refractivity contribution in [3.05, 3.63) is 52.4 Å². The van der Waals surface area contributed by atoms with Gasteiger partial charge in [0, 0.05) is 10.7 Å². The minimum absolute atomic E-state index is 0.0327. The lowest BCUT2D eigenvalue weighted by Crippen LogP contribution is -2.06. The molecule has 1 heterocycles. The minimum atomic E-state index is -4.50. The number of rotatable bonds is 4. The fraction of sp³-hybridized carbons (Fsp3) is 0.154. The van der Waals surface area contributed by atoms with E-state index in [-0.39, 0.29) is 28.6 Å². The number of benzene rings is 1. The Labute approximate surface area is 122 Å². The van der Waals surface area contributed by atoms with Gasteiger partial charge in [-0.25, -0.2) is 4.79 Å². The summed E-state index contributed by atoms with van der Waals surface area (Å²) in [6.07, 6.45) is -3.44. The van der Waals surface area contributed by atoms with E-state index >= 15 is 0 Å². The monoisotopic (exact) mass is 319 g/mol. The molecule has 0 radical (unpaired) electrons. The molecule has 0 bridgehead atoms. The smallest absolute Gasteiger partial charge is 0.416 e.